The first-order chi connectivity index (χ1) is 18.3. The van der Waals surface area contributed by atoms with Gasteiger partial charge in [-0.3, -0.25) is 4.79 Å². The highest BCUT2D eigenvalue weighted by Gasteiger charge is 2.49. The van der Waals surface area contributed by atoms with Crippen molar-refractivity contribution in [2.24, 2.45) is 11.8 Å². The lowest BCUT2D eigenvalue weighted by molar-refractivity contribution is -0.339. The minimum absolute atomic E-state index is 0.213. The largest absolute Gasteiger partial charge is 0.471 e. The number of rotatable bonds is 9. The first-order valence-electron chi connectivity index (χ1n) is 12.3. The summed E-state index contributed by atoms with van der Waals surface area (Å²) in [7, 11) is 1.24. The molecule has 0 bridgehead atoms. The number of nitrogens with one attached hydrogen (secondary N) is 1. The van der Waals surface area contributed by atoms with E-state index in [9.17, 15) is 35.1 Å². The maximum atomic E-state index is 13.3. The molecule has 2 aliphatic heterocycles. The summed E-state index contributed by atoms with van der Waals surface area (Å²) < 4.78 is 21.8. The van der Waals surface area contributed by atoms with E-state index in [0.717, 1.165) is 5.56 Å². The molecule has 0 spiro atoms. The lowest BCUT2D eigenvalue weighted by Crippen LogP contribution is -2.60. The monoisotopic (exact) mass is 535 g/mol. The van der Waals surface area contributed by atoms with Crippen molar-refractivity contribution >= 4 is 11.9 Å². The molecule has 12 nitrogen and oxygen atoms in total. The lowest BCUT2D eigenvalue weighted by Gasteiger charge is -2.43. The summed E-state index contributed by atoms with van der Waals surface area (Å²) in [6, 6.07) is 8.19. The van der Waals surface area contributed by atoms with Crippen molar-refractivity contribution in [2.75, 3.05) is 20.3 Å². The third-order valence-corrected chi connectivity index (χ3v) is 7.15. The van der Waals surface area contributed by atoms with E-state index < -0.39 is 73.4 Å². The van der Waals surface area contributed by atoms with Crippen LogP contribution < -0.4 is 5.32 Å². The first-order valence-corrected chi connectivity index (χ1v) is 12.3. The van der Waals surface area contributed by atoms with Crippen LogP contribution in [0.2, 0.25) is 0 Å². The standard InChI is InChI=1S/C26H33NO11/c1-35-24(34)17(9-13-5-3-2-4-6-13)27-23(33)16-12-36-25(19-14(10-28)7-8-15(16)19)38-26-22(32)21(31)20(30)18(11-29)37-26/h2-7,12,15,17-22,25-26,28-32H,8-11H2,1H3,(H,27,33)/t15-,17+,18-,19-,20-,21+,22-,25+,26+/m1/s1. The third-order valence-electron chi connectivity index (χ3n) is 7.15. The second-order valence-corrected chi connectivity index (χ2v) is 9.46. The Morgan fingerprint density at radius 2 is 1.82 bits per heavy atom. The number of carbonyl (C=O) groups is 2. The van der Waals surface area contributed by atoms with E-state index >= 15 is 0 Å². The molecule has 0 radical (unpaired) electrons. The fourth-order valence-electron chi connectivity index (χ4n) is 5.06. The van der Waals surface area contributed by atoms with Gasteiger partial charge >= 0.3 is 5.97 Å². The molecule has 1 amide bonds. The molecule has 38 heavy (non-hydrogen) atoms. The Balaban J connectivity index is 1.51. The highest BCUT2D eigenvalue weighted by molar-refractivity contribution is 5.96. The smallest absolute Gasteiger partial charge is 0.328 e. The second-order valence-electron chi connectivity index (χ2n) is 9.46. The lowest BCUT2D eigenvalue weighted by atomic mass is 9.83. The van der Waals surface area contributed by atoms with E-state index in [2.05, 4.69) is 5.32 Å². The summed E-state index contributed by atoms with van der Waals surface area (Å²) in [4.78, 5) is 25.7. The molecule has 12 heteroatoms. The van der Waals surface area contributed by atoms with Crippen molar-refractivity contribution in [2.45, 2.75) is 55.9 Å². The summed E-state index contributed by atoms with van der Waals surface area (Å²) >= 11 is 0. The number of fused-ring (bicyclic) bond motifs is 1. The zero-order valence-corrected chi connectivity index (χ0v) is 20.8. The van der Waals surface area contributed by atoms with Crippen LogP contribution in [0, 0.1) is 11.8 Å². The Kier molecular flexibility index (Phi) is 9.15. The summed E-state index contributed by atoms with van der Waals surface area (Å²) in [5.74, 6) is -2.30. The predicted molar refractivity (Wildman–Crippen MR) is 129 cm³/mol. The van der Waals surface area contributed by atoms with E-state index in [0.29, 0.717) is 12.0 Å². The molecule has 1 fully saturated rings. The van der Waals surface area contributed by atoms with Crippen LogP contribution in [-0.2, 0) is 35.0 Å². The van der Waals surface area contributed by atoms with Gasteiger partial charge < -0.3 is 49.8 Å². The van der Waals surface area contributed by atoms with Gasteiger partial charge in [0.15, 0.2) is 6.29 Å². The average molecular weight is 536 g/mol. The number of methoxy groups -OCH3 is 1. The minimum atomic E-state index is -1.65. The summed E-state index contributed by atoms with van der Waals surface area (Å²) in [5.41, 5.74) is 1.59. The van der Waals surface area contributed by atoms with Gasteiger partial charge in [0.05, 0.1) is 38.1 Å². The molecule has 9 atom stereocenters. The first kappa shape index (κ1) is 28.2. The molecule has 3 aliphatic rings. The number of allylic oxidation sites excluding steroid dienone is 1. The number of aliphatic hydroxyl groups is 5. The number of hydrogen-bond donors (Lipinski definition) is 6. The maximum Gasteiger partial charge on any atom is 0.328 e. The molecule has 0 saturated carbocycles. The quantitative estimate of drug-likeness (QED) is 0.160. The summed E-state index contributed by atoms with van der Waals surface area (Å²) in [5, 5.41) is 52.6. The molecule has 4 rings (SSSR count). The van der Waals surface area contributed by atoms with Crippen LogP contribution in [0.5, 0.6) is 0 Å². The Hall–Kier alpha value is -2.84. The molecular weight excluding hydrogens is 502 g/mol. The zero-order valence-electron chi connectivity index (χ0n) is 20.8. The van der Waals surface area contributed by atoms with E-state index in [4.69, 9.17) is 18.9 Å². The van der Waals surface area contributed by atoms with Gasteiger partial charge in [0.1, 0.15) is 30.5 Å². The van der Waals surface area contributed by atoms with Gasteiger partial charge in [-0.05, 0) is 17.6 Å². The van der Waals surface area contributed by atoms with Crippen LogP contribution in [0.1, 0.15) is 12.0 Å². The zero-order chi connectivity index (χ0) is 27.4. The fourth-order valence-corrected chi connectivity index (χ4v) is 5.06. The third kappa shape index (κ3) is 5.76. The van der Waals surface area contributed by atoms with E-state index in [1.165, 1.54) is 13.4 Å². The molecule has 0 aromatic heterocycles. The van der Waals surface area contributed by atoms with Crippen LogP contribution in [-0.4, -0.2) is 101 Å². The molecule has 1 aromatic carbocycles. The van der Waals surface area contributed by atoms with Gasteiger partial charge in [0.25, 0.3) is 5.91 Å². The fraction of sp³-hybridized carbons (Fsp3) is 0.538. The molecule has 208 valence electrons. The number of aliphatic hydroxyl groups excluding tert-OH is 5. The SMILES string of the molecule is COC(=O)[C@H](Cc1ccccc1)NC(=O)C1=CO[C@@H](O[C@@H]2O[C@H](CO)[C@@H](O)[C@H](O)[C@H]2O)[C@@H]2C(CO)=CC[C@H]12. The van der Waals surface area contributed by atoms with Crippen LogP contribution in [0.15, 0.2) is 53.8 Å². The Morgan fingerprint density at radius 3 is 2.47 bits per heavy atom. The number of carbonyl (C=O) groups excluding carboxylic acids is 2. The average Bonchev–Trinajstić information content (AvgIpc) is 3.37. The molecule has 2 heterocycles. The Bertz CT molecular complexity index is 1040. The molecule has 6 N–H and O–H groups in total. The maximum absolute atomic E-state index is 13.3. The van der Waals surface area contributed by atoms with Gasteiger partial charge in [-0.25, -0.2) is 4.79 Å². The van der Waals surface area contributed by atoms with Gasteiger partial charge in [-0.15, -0.1) is 0 Å². The predicted octanol–water partition coefficient (Wildman–Crippen LogP) is -1.50. The van der Waals surface area contributed by atoms with Crippen molar-refractivity contribution in [1.29, 1.82) is 0 Å². The number of ether oxygens (including phenoxy) is 4. The van der Waals surface area contributed by atoms with Crippen molar-refractivity contribution in [3.8, 4) is 0 Å². The summed E-state index contributed by atoms with van der Waals surface area (Å²) in [6.07, 6.45) is -5.05. The van der Waals surface area contributed by atoms with Gasteiger partial charge in [0, 0.05) is 12.3 Å². The second kappa shape index (κ2) is 12.3. The van der Waals surface area contributed by atoms with Crippen LogP contribution in [0.3, 0.4) is 0 Å². The minimum Gasteiger partial charge on any atom is -0.471 e. The molecule has 0 unspecified atom stereocenters. The van der Waals surface area contributed by atoms with Crippen molar-refractivity contribution in [1.82, 2.24) is 5.32 Å². The number of amides is 1. The van der Waals surface area contributed by atoms with Gasteiger partial charge in [-0.1, -0.05) is 36.4 Å². The Labute approximate surface area is 219 Å². The van der Waals surface area contributed by atoms with E-state index in [1.54, 1.807) is 6.08 Å². The molecule has 1 aromatic rings. The summed E-state index contributed by atoms with van der Waals surface area (Å²) in [6.45, 7) is -0.967. The number of hydrogen-bond acceptors (Lipinski definition) is 11. The van der Waals surface area contributed by atoms with Crippen LogP contribution in [0.4, 0.5) is 0 Å². The highest BCUT2D eigenvalue weighted by atomic mass is 16.8. The van der Waals surface area contributed by atoms with Gasteiger partial charge in [0.2, 0.25) is 6.29 Å². The highest BCUT2D eigenvalue weighted by Crippen LogP contribution is 2.44. The van der Waals surface area contributed by atoms with Crippen molar-refractivity contribution < 1.29 is 54.1 Å². The Morgan fingerprint density at radius 1 is 1.08 bits per heavy atom. The number of benzene rings is 1. The normalized spacial score (nSPS) is 33.3. The van der Waals surface area contributed by atoms with E-state index in [-0.39, 0.29) is 18.6 Å². The topological polar surface area (TPSA) is 184 Å². The number of esters is 1. The van der Waals surface area contributed by atoms with Crippen LogP contribution in [0.25, 0.3) is 0 Å². The van der Waals surface area contributed by atoms with Crippen molar-refractivity contribution in [3.63, 3.8) is 0 Å². The molecule has 1 aliphatic carbocycles. The van der Waals surface area contributed by atoms with E-state index in [1.807, 2.05) is 30.3 Å². The molecular formula is C26H33NO11. The van der Waals surface area contributed by atoms with Crippen molar-refractivity contribution in [3.05, 3.63) is 59.4 Å². The van der Waals surface area contributed by atoms with Crippen LogP contribution >= 0.6 is 0 Å². The molecule has 1 saturated heterocycles. The van der Waals surface area contributed by atoms with Gasteiger partial charge in [-0.2, -0.15) is 0 Å².